The summed E-state index contributed by atoms with van der Waals surface area (Å²) in [4.78, 5) is 45.8. The maximum absolute atomic E-state index is 17.5. The quantitative estimate of drug-likeness (QED) is 0.119. The van der Waals surface area contributed by atoms with Crippen LogP contribution in [0.25, 0.3) is 44.8 Å². The van der Waals surface area contributed by atoms with Gasteiger partial charge in [0.05, 0.1) is 41.3 Å². The molecule has 2 heterocycles. The van der Waals surface area contributed by atoms with Gasteiger partial charge in [0.15, 0.2) is 11.1 Å². The predicted octanol–water partition coefficient (Wildman–Crippen LogP) is 12.6. The largest absolute Gasteiger partial charge is 0.497 e. The number of imidazole rings is 2. The molecule has 0 bridgehead atoms. The molecule has 0 radical (unpaired) electrons. The summed E-state index contributed by atoms with van der Waals surface area (Å²) in [5.41, 5.74) is 0.205. The van der Waals surface area contributed by atoms with E-state index in [1.807, 2.05) is 60.7 Å². The molecule has 4 aliphatic carbocycles. The van der Waals surface area contributed by atoms with Crippen LogP contribution in [0.2, 0.25) is 10.0 Å². The van der Waals surface area contributed by atoms with Crippen LogP contribution in [-0.2, 0) is 20.7 Å². The normalized spacial score (nSPS) is 19.7. The predicted molar refractivity (Wildman–Crippen MR) is 263 cm³/mol. The summed E-state index contributed by atoms with van der Waals surface area (Å²) >= 11 is 13.1. The number of nitrogens with zero attached hydrogens (tertiary/aromatic N) is 4. The van der Waals surface area contributed by atoms with Crippen molar-refractivity contribution in [3.63, 3.8) is 0 Å². The molecule has 4 aromatic carbocycles. The van der Waals surface area contributed by atoms with Gasteiger partial charge in [0.25, 0.3) is 0 Å². The highest BCUT2D eigenvalue weighted by Gasteiger charge is 2.71. The minimum atomic E-state index is -1.77. The van der Waals surface area contributed by atoms with Crippen molar-refractivity contribution in [2.45, 2.75) is 139 Å². The first-order valence-electron chi connectivity index (χ1n) is 24.6. The lowest BCUT2D eigenvalue weighted by Crippen LogP contribution is -2.75. The Labute approximate surface area is 402 Å². The number of ether oxygens (including phenoxy) is 2. The van der Waals surface area contributed by atoms with Gasteiger partial charge in [-0.25, -0.2) is 14.4 Å². The van der Waals surface area contributed by atoms with E-state index in [1.165, 1.54) is 6.07 Å². The Kier molecular flexibility index (Phi) is 13.0. The number of fused-ring (bicyclic) bond motifs is 2. The van der Waals surface area contributed by atoms with Gasteiger partial charge in [-0.15, -0.1) is 0 Å². The third-order valence-electron chi connectivity index (χ3n) is 15.8. The summed E-state index contributed by atoms with van der Waals surface area (Å²) in [6.45, 7) is 0. The fourth-order valence-corrected chi connectivity index (χ4v) is 13.0. The van der Waals surface area contributed by atoms with Gasteiger partial charge in [-0.05, 0) is 130 Å². The molecule has 2 N–H and O–H groups in total. The van der Waals surface area contributed by atoms with Gasteiger partial charge in [0.2, 0.25) is 11.8 Å². The van der Waals surface area contributed by atoms with Crippen molar-refractivity contribution in [2.75, 3.05) is 14.2 Å². The fraction of sp³-hybridized carbons (Fsp3) is 0.481. The zero-order valence-corrected chi connectivity index (χ0v) is 40.1. The van der Waals surface area contributed by atoms with Crippen molar-refractivity contribution >= 4 is 57.1 Å². The maximum Gasteiger partial charge on any atom is 0.249 e. The van der Waals surface area contributed by atoms with Crippen LogP contribution in [0.4, 0.5) is 4.39 Å². The molecule has 10 nitrogen and oxygen atoms in total. The van der Waals surface area contributed by atoms with E-state index in [4.69, 9.17) is 42.6 Å². The fourth-order valence-electron chi connectivity index (χ4n) is 12.7. The lowest BCUT2D eigenvalue weighted by Gasteiger charge is -2.58. The van der Waals surface area contributed by atoms with Crippen LogP contribution in [0.5, 0.6) is 11.5 Å². The number of methoxy groups -OCH3 is 2. The Bertz CT molecular complexity index is 2770. The van der Waals surface area contributed by atoms with Crippen LogP contribution in [0.3, 0.4) is 0 Å². The Hall–Kier alpha value is -5.13. The molecule has 13 heteroatoms. The van der Waals surface area contributed by atoms with E-state index in [0.717, 1.165) is 95.5 Å². The first kappa shape index (κ1) is 45.6. The molecule has 2 unspecified atom stereocenters. The highest BCUT2D eigenvalue weighted by molar-refractivity contribution is 6.31. The molecule has 0 saturated heterocycles. The molecule has 352 valence electrons. The molecule has 67 heavy (non-hydrogen) atoms. The number of halogens is 3. The Morgan fingerprint density at radius 1 is 0.567 bits per heavy atom. The number of benzene rings is 4. The molecular weight excluding hydrogens is 887 g/mol. The number of rotatable bonds is 13. The van der Waals surface area contributed by atoms with Crippen LogP contribution >= 0.6 is 23.2 Å². The van der Waals surface area contributed by atoms with Crippen LogP contribution < -0.4 is 20.1 Å². The summed E-state index contributed by atoms with van der Waals surface area (Å²) < 4.78 is 32.3. The third kappa shape index (κ3) is 7.95. The molecule has 6 aromatic rings. The smallest absolute Gasteiger partial charge is 0.249 e. The lowest BCUT2D eigenvalue weighted by molar-refractivity contribution is -0.161. The van der Waals surface area contributed by atoms with Crippen LogP contribution in [0.15, 0.2) is 78.9 Å². The molecular formula is C54H61Cl2FN6O4. The van der Waals surface area contributed by atoms with Gasteiger partial charge < -0.3 is 29.2 Å². The van der Waals surface area contributed by atoms with Gasteiger partial charge in [-0.1, -0.05) is 87.4 Å². The van der Waals surface area contributed by atoms with Crippen molar-refractivity contribution in [3.8, 4) is 34.3 Å². The van der Waals surface area contributed by atoms with Crippen molar-refractivity contribution in [1.82, 2.24) is 29.7 Å². The molecule has 4 aliphatic rings. The summed E-state index contributed by atoms with van der Waals surface area (Å²) in [5, 5.41) is 8.01. The zero-order valence-electron chi connectivity index (χ0n) is 38.6. The minimum Gasteiger partial charge on any atom is -0.497 e. The number of carbonyl (C=O) groups excluding carboxylic acids is 2. The molecule has 2 atom stereocenters. The monoisotopic (exact) mass is 946 g/mol. The number of carbonyl (C=O) groups is 2. The molecule has 0 aliphatic heterocycles. The lowest BCUT2D eigenvalue weighted by atomic mass is 9.57. The Balaban J connectivity index is 1.46. The van der Waals surface area contributed by atoms with Gasteiger partial charge in [0.1, 0.15) is 29.0 Å². The first-order valence-corrected chi connectivity index (χ1v) is 25.4. The second-order valence-corrected chi connectivity index (χ2v) is 20.3. The minimum absolute atomic E-state index is 0.0239. The Morgan fingerprint density at radius 2 is 0.985 bits per heavy atom. The number of aromatic nitrogens is 4. The van der Waals surface area contributed by atoms with Crippen molar-refractivity contribution in [1.29, 1.82) is 0 Å². The number of nitrogens with one attached hydrogen (secondary N) is 2. The Morgan fingerprint density at radius 3 is 1.45 bits per heavy atom. The third-order valence-corrected chi connectivity index (χ3v) is 16.3. The molecule has 2 aromatic heterocycles. The number of hydrogen-bond donors (Lipinski definition) is 2. The summed E-state index contributed by atoms with van der Waals surface area (Å²) in [6, 6.07) is 23.6. The summed E-state index contributed by atoms with van der Waals surface area (Å²) in [7, 11) is 3.27. The van der Waals surface area contributed by atoms with Crippen molar-refractivity contribution in [3.05, 3.63) is 94.7 Å². The van der Waals surface area contributed by atoms with Crippen LogP contribution in [0, 0.1) is 17.7 Å². The van der Waals surface area contributed by atoms with E-state index in [1.54, 1.807) is 26.4 Å². The van der Waals surface area contributed by atoms with E-state index < -0.39 is 22.8 Å². The van der Waals surface area contributed by atoms with Crippen LogP contribution in [-0.4, -0.2) is 57.2 Å². The highest BCUT2D eigenvalue weighted by atomic mass is 35.5. The molecule has 4 fully saturated rings. The SMILES string of the molecule is COc1ccc2nc(-c3ccc(Cl)c(F)c3)n(C(C(=O)NC3CCCC3)(C3CCCCC3)C(C(=O)NC3CCCCC3)(C3CCCC3)n3c(-c4ccc(Cl)cc4)nc4ccc(OC)cc43)c2c1. The van der Waals surface area contributed by atoms with E-state index in [9.17, 15) is 0 Å². The second kappa shape index (κ2) is 19.1. The van der Waals surface area contributed by atoms with Crippen LogP contribution in [0.1, 0.15) is 116 Å². The highest BCUT2D eigenvalue weighted by Crippen LogP contribution is 2.60. The molecule has 2 amide bonds. The second-order valence-electron chi connectivity index (χ2n) is 19.5. The van der Waals surface area contributed by atoms with Gasteiger partial charge in [0, 0.05) is 40.4 Å². The molecule has 4 saturated carbocycles. The summed E-state index contributed by atoms with van der Waals surface area (Å²) in [5.74, 6) is 0.210. The van der Waals surface area contributed by atoms with Gasteiger partial charge in [-0.3, -0.25) is 9.59 Å². The number of amides is 2. The standard InChI is InChI=1S/C54H61Cl2FN6O4/c1-66-41-26-29-45-47(32-41)62(49(60-45)34-21-24-38(55)25-22-34)53(37-15-9-10-16-37,51(64)58-39-17-7-4-8-18-39)54(36-13-5-3-6-14-36,52(65)59-40-19-11-12-20-40)63-48-33-42(67-2)27-30-46(48)61-50(63)35-23-28-43(56)44(57)31-35/h21-33,36-37,39-40H,3-20H2,1-2H3,(H,58,64)(H,59,65). The van der Waals surface area contributed by atoms with Crippen molar-refractivity contribution in [2.24, 2.45) is 11.8 Å². The maximum atomic E-state index is 17.5. The van der Waals surface area contributed by atoms with E-state index in [2.05, 4.69) is 19.8 Å². The van der Waals surface area contributed by atoms with Gasteiger partial charge in [-0.2, -0.15) is 0 Å². The van der Waals surface area contributed by atoms with E-state index in [0.29, 0.717) is 81.5 Å². The summed E-state index contributed by atoms with van der Waals surface area (Å²) in [6.07, 6.45) is 15.5. The average Bonchev–Trinajstić information content (AvgIpc) is 4.20. The zero-order chi connectivity index (χ0) is 46.3. The van der Waals surface area contributed by atoms with E-state index in [-0.39, 0.29) is 34.8 Å². The van der Waals surface area contributed by atoms with Gasteiger partial charge >= 0.3 is 0 Å². The number of hydrogen-bond acceptors (Lipinski definition) is 6. The van der Waals surface area contributed by atoms with E-state index >= 15 is 14.0 Å². The van der Waals surface area contributed by atoms with Crippen molar-refractivity contribution < 1.29 is 23.5 Å². The topological polar surface area (TPSA) is 112 Å². The molecule has 10 rings (SSSR count). The first-order chi connectivity index (χ1) is 32.7. The average molecular weight is 948 g/mol. The molecule has 0 spiro atoms.